The number of likely N-dealkylation sites (N-methyl/N-ethyl adjacent to an activating group) is 1. The Hall–Kier alpha value is -2.66. The molecular weight excluding hydrogens is 412 g/mol. The van der Waals surface area contributed by atoms with Gasteiger partial charge in [-0.05, 0) is 30.1 Å². The summed E-state index contributed by atoms with van der Waals surface area (Å²) in [7, 11) is 2.07. The number of aromatic nitrogens is 1. The SMILES string of the molecule is CN1CCN(C(=O)CSc2nc(-c3cccs3)cc(-c3ccccc3)c2C#N)CC1. The molecule has 0 atom stereocenters. The van der Waals surface area contributed by atoms with E-state index >= 15 is 0 Å². The predicted octanol–water partition coefficient (Wildman–Crippen LogP) is 4.21. The van der Waals surface area contributed by atoms with Gasteiger partial charge in [-0.3, -0.25) is 4.79 Å². The monoisotopic (exact) mass is 434 g/mol. The molecule has 0 bridgehead atoms. The molecule has 0 unspecified atom stereocenters. The van der Waals surface area contributed by atoms with Crippen LogP contribution in [-0.4, -0.2) is 59.7 Å². The van der Waals surface area contributed by atoms with Crippen LogP contribution in [-0.2, 0) is 4.79 Å². The van der Waals surface area contributed by atoms with Crippen molar-refractivity contribution in [3.8, 4) is 27.8 Å². The van der Waals surface area contributed by atoms with E-state index in [-0.39, 0.29) is 11.7 Å². The summed E-state index contributed by atoms with van der Waals surface area (Å²) in [5, 5.41) is 12.6. The summed E-state index contributed by atoms with van der Waals surface area (Å²) in [4.78, 5) is 22.7. The van der Waals surface area contributed by atoms with Crippen molar-refractivity contribution in [1.29, 1.82) is 5.26 Å². The fraction of sp³-hybridized carbons (Fsp3) is 0.261. The Morgan fingerprint density at radius 2 is 1.93 bits per heavy atom. The summed E-state index contributed by atoms with van der Waals surface area (Å²) in [5.41, 5.74) is 3.18. The van der Waals surface area contributed by atoms with Crippen molar-refractivity contribution < 1.29 is 4.79 Å². The average Bonchev–Trinajstić information content (AvgIpc) is 3.33. The van der Waals surface area contributed by atoms with Crippen LogP contribution in [0.5, 0.6) is 0 Å². The zero-order valence-corrected chi connectivity index (χ0v) is 18.4. The molecule has 30 heavy (non-hydrogen) atoms. The number of hydrogen-bond acceptors (Lipinski definition) is 6. The minimum absolute atomic E-state index is 0.0987. The summed E-state index contributed by atoms with van der Waals surface area (Å²) < 4.78 is 0. The number of thiophene rings is 1. The van der Waals surface area contributed by atoms with Gasteiger partial charge in [0.25, 0.3) is 0 Å². The van der Waals surface area contributed by atoms with Gasteiger partial charge in [-0.25, -0.2) is 4.98 Å². The average molecular weight is 435 g/mol. The number of carbonyl (C=O) groups is 1. The Morgan fingerprint density at radius 3 is 2.60 bits per heavy atom. The molecule has 1 aromatic carbocycles. The smallest absolute Gasteiger partial charge is 0.233 e. The van der Waals surface area contributed by atoms with Gasteiger partial charge < -0.3 is 9.80 Å². The molecule has 1 saturated heterocycles. The minimum atomic E-state index is 0.0987. The Labute approximate surface area is 185 Å². The Bertz CT molecular complexity index is 1050. The highest BCUT2D eigenvalue weighted by Gasteiger charge is 2.21. The fourth-order valence-electron chi connectivity index (χ4n) is 3.41. The molecule has 2 aromatic heterocycles. The zero-order valence-electron chi connectivity index (χ0n) is 16.7. The first-order valence-corrected chi connectivity index (χ1v) is 11.7. The van der Waals surface area contributed by atoms with E-state index in [0.717, 1.165) is 47.9 Å². The molecule has 1 amide bonds. The molecule has 0 spiro atoms. The van der Waals surface area contributed by atoms with E-state index in [1.54, 1.807) is 11.3 Å². The van der Waals surface area contributed by atoms with E-state index in [4.69, 9.17) is 4.98 Å². The first kappa shape index (κ1) is 20.6. The maximum absolute atomic E-state index is 12.7. The molecule has 0 radical (unpaired) electrons. The fourth-order valence-corrected chi connectivity index (χ4v) is 5.00. The van der Waals surface area contributed by atoms with Gasteiger partial charge >= 0.3 is 0 Å². The first-order chi connectivity index (χ1) is 14.7. The molecule has 4 rings (SSSR count). The highest BCUT2D eigenvalue weighted by molar-refractivity contribution is 8.00. The third kappa shape index (κ3) is 4.57. The van der Waals surface area contributed by atoms with Crippen molar-refractivity contribution in [2.45, 2.75) is 5.03 Å². The van der Waals surface area contributed by atoms with Crippen LogP contribution in [0.25, 0.3) is 21.7 Å². The van der Waals surface area contributed by atoms with Crippen LogP contribution in [0.2, 0.25) is 0 Å². The maximum Gasteiger partial charge on any atom is 0.233 e. The number of nitriles is 1. The van der Waals surface area contributed by atoms with E-state index in [2.05, 4.69) is 18.0 Å². The second kappa shape index (κ2) is 9.43. The quantitative estimate of drug-likeness (QED) is 0.563. The van der Waals surface area contributed by atoms with Gasteiger partial charge in [0.1, 0.15) is 11.1 Å². The molecule has 7 heteroatoms. The van der Waals surface area contributed by atoms with Crippen LogP contribution in [0.3, 0.4) is 0 Å². The molecule has 5 nitrogen and oxygen atoms in total. The van der Waals surface area contributed by atoms with Crippen LogP contribution in [0.15, 0.2) is 58.9 Å². The number of piperazine rings is 1. The number of hydrogen-bond donors (Lipinski definition) is 0. The lowest BCUT2D eigenvalue weighted by Gasteiger charge is -2.32. The van der Waals surface area contributed by atoms with Gasteiger partial charge in [0.05, 0.1) is 21.9 Å². The number of amides is 1. The predicted molar refractivity (Wildman–Crippen MR) is 123 cm³/mol. The van der Waals surface area contributed by atoms with Crippen molar-refractivity contribution in [1.82, 2.24) is 14.8 Å². The number of pyridine rings is 1. The Kier molecular flexibility index (Phi) is 6.48. The van der Waals surface area contributed by atoms with Gasteiger partial charge in [-0.1, -0.05) is 48.2 Å². The van der Waals surface area contributed by atoms with E-state index in [1.807, 2.05) is 58.8 Å². The summed E-state index contributed by atoms with van der Waals surface area (Å²) in [6, 6.07) is 18.2. The van der Waals surface area contributed by atoms with E-state index in [1.165, 1.54) is 11.8 Å². The Morgan fingerprint density at radius 1 is 1.17 bits per heavy atom. The minimum Gasteiger partial charge on any atom is -0.339 e. The number of benzene rings is 1. The number of carbonyl (C=O) groups excluding carboxylic acids is 1. The number of rotatable bonds is 5. The molecular formula is C23H22N4OS2. The van der Waals surface area contributed by atoms with Crippen molar-refractivity contribution in [2.24, 2.45) is 0 Å². The maximum atomic E-state index is 12.7. The molecule has 3 aromatic rings. The lowest BCUT2D eigenvalue weighted by Crippen LogP contribution is -2.47. The standard InChI is InChI=1S/C23H22N4OS2/c1-26-9-11-27(12-10-26)22(28)16-30-23-19(15-24)18(17-6-3-2-4-7-17)14-20(25-23)21-8-5-13-29-21/h2-8,13-14H,9-12,16H2,1H3. The highest BCUT2D eigenvalue weighted by atomic mass is 32.2. The second-order valence-electron chi connectivity index (χ2n) is 7.16. The zero-order chi connectivity index (χ0) is 20.9. The van der Waals surface area contributed by atoms with Crippen molar-refractivity contribution in [3.63, 3.8) is 0 Å². The first-order valence-electron chi connectivity index (χ1n) is 9.79. The largest absolute Gasteiger partial charge is 0.339 e. The van der Waals surface area contributed by atoms with Gasteiger partial charge in [-0.15, -0.1) is 11.3 Å². The summed E-state index contributed by atoms with van der Waals surface area (Å²) in [6.07, 6.45) is 0. The van der Waals surface area contributed by atoms with Crippen molar-refractivity contribution >= 4 is 29.0 Å². The summed E-state index contributed by atoms with van der Waals surface area (Å²) >= 11 is 2.98. The highest BCUT2D eigenvalue weighted by Crippen LogP contribution is 2.35. The molecule has 1 aliphatic rings. The summed E-state index contributed by atoms with van der Waals surface area (Å²) in [6.45, 7) is 3.28. The number of nitrogens with zero attached hydrogens (tertiary/aromatic N) is 4. The van der Waals surface area contributed by atoms with Crippen LogP contribution in [0.4, 0.5) is 0 Å². The molecule has 0 aliphatic carbocycles. The second-order valence-corrected chi connectivity index (χ2v) is 9.07. The van der Waals surface area contributed by atoms with Crippen LogP contribution in [0.1, 0.15) is 5.56 Å². The van der Waals surface area contributed by atoms with E-state index < -0.39 is 0 Å². The normalized spacial score (nSPS) is 14.5. The van der Waals surface area contributed by atoms with Gasteiger partial charge in [0, 0.05) is 31.7 Å². The van der Waals surface area contributed by atoms with Gasteiger partial charge in [-0.2, -0.15) is 5.26 Å². The van der Waals surface area contributed by atoms with Crippen LogP contribution >= 0.6 is 23.1 Å². The summed E-state index contributed by atoms with van der Waals surface area (Å²) in [5.74, 6) is 0.384. The van der Waals surface area contributed by atoms with E-state index in [9.17, 15) is 10.1 Å². The van der Waals surface area contributed by atoms with Crippen LogP contribution < -0.4 is 0 Å². The Balaban J connectivity index is 1.65. The van der Waals surface area contributed by atoms with Crippen molar-refractivity contribution in [2.75, 3.05) is 39.0 Å². The van der Waals surface area contributed by atoms with Gasteiger partial charge in [0.15, 0.2) is 0 Å². The topological polar surface area (TPSA) is 60.2 Å². The molecule has 3 heterocycles. The lowest BCUT2D eigenvalue weighted by atomic mass is 10.0. The van der Waals surface area contributed by atoms with Crippen LogP contribution in [0, 0.1) is 11.3 Å². The molecule has 152 valence electrons. The van der Waals surface area contributed by atoms with Crippen molar-refractivity contribution in [3.05, 3.63) is 59.5 Å². The molecule has 1 fully saturated rings. The van der Waals surface area contributed by atoms with Gasteiger partial charge in [0.2, 0.25) is 5.91 Å². The third-order valence-electron chi connectivity index (χ3n) is 5.14. The van der Waals surface area contributed by atoms with E-state index in [0.29, 0.717) is 10.6 Å². The third-order valence-corrected chi connectivity index (χ3v) is 7.00. The molecule has 0 N–H and O–H groups in total. The lowest BCUT2D eigenvalue weighted by molar-refractivity contribution is -0.129. The molecule has 1 aliphatic heterocycles. The molecule has 0 saturated carbocycles. The number of thioether (sulfide) groups is 1.